The van der Waals surface area contributed by atoms with Gasteiger partial charge in [0.1, 0.15) is 11.5 Å². The highest BCUT2D eigenvalue weighted by atomic mass is 16.5. The molecular weight excluding hydrogens is 402 g/mol. The predicted octanol–water partition coefficient (Wildman–Crippen LogP) is 4.15. The first-order valence-electron chi connectivity index (χ1n) is 12.0. The third-order valence-corrected chi connectivity index (χ3v) is 6.69. The maximum Gasteiger partial charge on any atom is 0.273 e. The zero-order valence-corrected chi connectivity index (χ0v) is 19.3. The van der Waals surface area contributed by atoms with Crippen LogP contribution in [-0.4, -0.2) is 52.6 Å². The Balaban J connectivity index is 1.47. The largest absolute Gasteiger partial charge is 0.374 e. The van der Waals surface area contributed by atoms with Crippen LogP contribution in [0.1, 0.15) is 61.6 Å². The fourth-order valence-electron chi connectivity index (χ4n) is 4.63. The first-order chi connectivity index (χ1) is 15.5. The summed E-state index contributed by atoms with van der Waals surface area (Å²) in [6.07, 6.45) is 4.93. The van der Waals surface area contributed by atoms with Crippen LogP contribution in [-0.2, 0) is 17.7 Å². The molecule has 5 rings (SSSR count). The van der Waals surface area contributed by atoms with Crippen LogP contribution in [0.4, 0.5) is 17.5 Å². The van der Waals surface area contributed by atoms with Crippen molar-refractivity contribution in [2.45, 2.75) is 65.1 Å². The Kier molecular flexibility index (Phi) is 5.76. The van der Waals surface area contributed by atoms with Crippen LogP contribution in [0.3, 0.4) is 0 Å². The average molecular weight is 436 g/mol. The number of ether oxygens (including phenoxy) is 1. The molecular formula is C25H33N5O2. The number of morpholine rings is 1. The number of aryl methyl sites for hydroxylation is 1. The minimum Gasteiger partial charge on any atom is -0.374 e. The van der Waals surface area contributed by atoms with Crippen molar-refractivity contribution < 1.29 is 9.53 Å². The molecule has 2 fully saturated rings. The monoisotopic (exact) mass is 435 g/mol. The lowest BCUT2D eigenvalue weighted by Crippen LogP contribution is -2.44. The second-order valence-electron chi connectivity index (χ2n) is 9.49. The van der Waals surface area contributed by atoms with Gasteiger partial charge in [-0.1, -0.05) is 25.5 Å². The van der Waals surface area contributed by atoms with E-state index < -0.39 is 0 Å². The van der Waals surface area contributed by atoms with Crippen LogP contribution in [0.5, 0.6) is 0 Å². The van der Waals surface area contributed by atoms with Gasteiger partial charge in [-0.05, 0) is 56.7 Å². The minimum absolute atomic E-state index is 0.00741. The highest BCUT2D eigenvalue weighted by Gasteiger charge is 2.38. The van der Waals surface area contributed by atoms with E-state index in [0.29, 0.717) is 30.7 Å². The van der Waals surface area contributed by atoms with Gasteiger partial charge in [-0.2, -0.15) is 4.98 Å². The van der Waals surface area contributed by atoms with Gasteiger partial charge >= 0.3 is 0 Å². The highest BCUT2D eigenvalue weighted by molar-refractivity contribution is 5.98. The number of fused-ring (bicyclic) bond motifs is 1. The number of aromatic nitrogens is 2. The number of rotatable bonds is 7. The summed E-state index contributed by atoms with van der Waals surface area (Å²) in [4.78, 5) is 26.9. The molecule has 0 bridgehead atoms. The van der Waals surface area contributed by atoms with E-state index in [9.17, 15) is 4.79 Å². The van der Waals surface area contributed by atoms with Gasteiger partial charge in [0.05, 0.1) is 19.3 Å². The maximum atomic E-state index is 13.1. The van der Waals surface area contributed by atoms with Gasteiger partial charge in [-0.15, -0.1) is 0 Å². The van der Waals surface area contributed by atoms with Crippen molar-refractivity contribution in [2.75, 3.05) is 29.9 Å². The quantitative estimate of drug-likeness (QED) is 0.704. The fraction of sp³-hybridized carbons (Fsp3) is 0.560. The number of carbonyl (C=O) groups is 1. The molecule has 32 heavy (non-hydrogen) atoms. The van der Waals surface area contributed by atoms with E-state index in [0.717, 1.165) is 43.0 Å². The summed E-state index contributed by atoms with van der Waals surface area (Å²) in [6, 6.07) is 8.61. The summed E-state index contributed by atoms with van der Waals surface area (Å²) in [5.74, 6) is 2.01. The van der Waals surface area contributed by atoms with Crippen LogP contribution in [0, 0.1) is 5.92 Å². The Morgan fingerprint density at radius 1 is 1.19 bits per heavy atom. The SMILES string of the molecule is CCCc1ccc(Nc2nc(N3CCOC(C4CC4)C3)nc3c2CN(C(C)C)C3=O)cc1. The first kappa shape index (κ1) is 21.2. The van der Waals surface area contributed by atoms with Crippen LogP contribution < -0.4 is 10.2 Å². The van der Waals surface area contributed by atoms with Crippen LogP contribution in [0.2, 0.25) is 0 Å². The molecule has 3 aliphatic rings. The summed E-state index contributed by atoms with van der Waals surface area (Å²) < 4.78 is 5.98. The molecule has 1 N–H and O–H groups in total. The molecule has 170 valence electrons. The molecule has 1 atom stereocenters. The van der Waals surface area contributed by atoms with E-state index in [-0.39, 0.29) is 18.1 Å². The zero-order chi connectivity index (χ0) is 22.2. The van der Waals surface area contributed by atoms with Gasteiger partial charge in [0.2, 0.25) is 5.95 Å². The molecule has 0 spiro atoms. The van der Waals surface area contributed by atoms with Crippen LogP contribution in [0.15, 0.2) is 24.3 Å². The van der Waals surface area contributed by atoms with Crippen LogP contribution >= 0.6 is 0 Å². The third-order valence-electron chi connectivity index (χ3n) is 6.69. The lowest BCUT2D eigenvalue weighted by atomic mass is 10.1. The molecule has 7 heteroatoms. The number of anilines is 3. The normalized spacial score (nSPS) is 20.8. The Morgan fingerprint density at radius 3 is 2.66 bits per heavy atom. The Hall–Kier alpha value is -2.67. The second kappa shape index (κ2) is 8.70. The van der Waals surface area contributed by atoms with E-state index in [1.807, 2.05) is 18.7 Å². The van der Waals surface area contributed by atoms with Gasteiger partial charge in [0.25, 0.3) is 5.91 Å². The summed E-state index contributed by atoms with van der Waals surface area (Å²) in [5, 5.41) is 3.49. The first-order valence-corrected chi connectivity index (χ1v) is 12.0. The molecule has 2 aromatic rings. The Bertz CT molecular complexity index is 987. The van der Waals surface area contributed by atoms with Gasteiger partial charge in [-0.3, -0.25) is 4.79 Å². The van der Waals surface area contributed by atoms with Crippen molar-refractivity contribution in [3.63, 3.8) is 0 Å². The van der Waals surface area contributed by atoms with E-state index in [1.165, 1.54) is 18.4 Å². The average Bonchev–Trinajstić information content (AvgIpc) is 3.59. The molecule has 0 radical (unpaired) electrons. The van der Waals surface area contributed by atoms with Crippen molar-refractivity contribution in [3.8, 4) is 0 Å². The smallest absolute Gasteiger partial charge is 0.273 e. The van der Waals surface area contributed by atoms with Crippen molar-refractivity contribution in [1.29, 1.82) is 0 Å². The molecule has 1 aromatic carbocycles. The molecule has 2 aliphatic heterocycles. The number of benzene rings is 1. The summed E-state index contributed by atoms with van der Waals surface area (Å²) in [6.45, 7) is 9.02. The molecule has 1 aromatic heterocycles. The number of hydrogen-bond acceptors (Lipinski definition) is 6. The number of amides is 1. The standard InChI is InChI=1S/C25H33N5O2/c1-4-5-17-6-10-19(11-7-17)26-23-20-14-30(16(2)3)24(31)22(20)27-25(28-23)29-12-13-32-21(15-29)18-8-9-18/h6-7,10-11,16,18,21H,4-5,8-9,12-15H2,1-3H3,(H,26,27,28). The van der Waals surface area contributed by atoms with Gasteiger partial charge in [0, 0.05) is 30.4 Å². The molecule has 3 heterocycles. The third kappa shape index (κ3) is 4.18. The Labute approximate surface area is 190 Å². The zero-order valence-electron chi connectivity index (χ0n) is 19.3. The number of nitrogens with one attached hydrogen (secondary N) is 1. The lowest BCUT2D eigenvalue weighted by Gasteiger charge is -2.33. The number of nitrogens with zero attached hydrogens (tertiary/aromatic N) is 4. The second-order valence-corrected chi connectivity index (χ2v) is 9.49. The van der Waals surface area contributed by atoms with E-state index in [4.69, 9.17) is 14.7 Å². The van der Waals surface area contributed by atoms with Crippen LogP contribution in [0.25, 0.3) is 0 Å². The van der Waals surface area contributed by atoms with Gasteiger partial charge in [0.15, 0.2) is 0 Å². The minimum atomic E-state index is -0.00741. The van der Waals surface area contributed by atoms with E-state index in [1.54, 1.807) is 0 Å². The molecule has 1 unspecified atom stereocenters. The van der Waals surface area contributed by atoms with Crippen molar-refractivity contribution in [2.24, 2.45) is 5.92 Å². The topological polar surface area (TPSA) is 70.6 Å². The maximum absolute atomic E-state index is 13.1. The van der Waals surface area contributed by atoms with E-state index >= 15 is 0 Å². The summed E-state index contributed by atoms with van der Waals surface area (Å²) in [7, 11) is 0. The van der Waals surface area contributed by atoms with E-state index in [2.05, 4.69) is 41.4 Å². The highest BCUT2D eigenvalue weighted by Crippen LogP contribution is 2.37. The summed E-state index contributed by atoms with van der Waals surface area (Å²) >= 11 is 0. The molecule has 1 saturated heterocycles. The fourth-order valence-corrected chi connectivity index (χ4v) is 4.63. The molecule has 7 nitrogen and oxygen atoms in total. The lowest BCUT2D eigenvalue weighted by molar-refractivity contribution is 0.0258. The number of hydrogen-bond donors (Lipinski definition) is 1. The summed E-state index contributed by atoms with van der Waals surface area (Å²) in [5.41, 5.74) is 3.72. The molecule has 1 saturated carbocycles. The van der Waals surface area contributed by atoms with Gasteiger partial charge < -0.3 is 19.9 Å². The van der Waals surface area contributed by atoms with Crippen molar-refractivity contribution in [3.05, 3.63) is 41.1 Å². The van der Waals surface area contributed by atoms with Gasteiger partial charge in [-0.25, -0.2) is 4.98 Å². The molecule has 1 aliphatic carbocycles. The number of carbonyl (C=O) groups excluding carboxylic acids is 1. The predicted molar refractivity (Wildman–Crippen MR) is 125 cm³/mol. The molecule has 1 amide bonds. The Morgan fingerprint density at radius 2 is 1.97 bits per heavy atom. The van der Waals surface area contributed by atoms with Crippen molar-refractivity contribution >= 4 is 23.4 Å². The van der Waals surface area contributed by atoms with Crippen molar-refractivity contribution in [1.82, 2.24) is 14.9 Å².